The SMILES string of the molecule is Cc1cc(C)nc(C)n1.Cc1ccc2c(c1)-c1ccccc1C2(C)C.Cc1ccc2c(c1)c1ccccc1n2-c1ccccc1.Cc1ccc2oc3ccccc3c2c1.Cc1ccc2sc3ccccc3c2c1.Cc1cccc2c3ccccc3n(-c3ccccc3)c12.Cc1cccc2c3ccccc3n(C)c12. The van der Waals surface area contributed by atoms with Gasteiger partial charge in [-0.3, -0.25) is 0 Å². The molecule has 0 saturated carbocycles. The lowest BCUT2D eigenvalue weighted by molar-refractivity contribution is 0.660. The fourth-order valence-corrected chi connectivity index (χ4v) is 16.9. The smallest absolute Gasteiger partial charge is 0.135 e. The van der Waals surface area contributed by atoms with Crippen LogP contribution in [0.2, 0.25) is 0 Å². The number of aryl methyl sites for hydroxylation is 10. The van der Waals surface area contributed by atoms with Gasteiger partial charge in [0.05, 0.1) is 27.6 Å². The lowest BCUT2D eigenvalue weighted by Gasteiger charge is -2.21. The van der Waals surface area contributed by atoms with Crippen LogP contribution in [0.1, 0.15) is 75.6 Å². The summed E-state index contributed by atoms with van der Waals surface area (Å²) >= 11 is 1.87. The van der Waals surface area contributed by atoms with Crippen molar-refractivity contribution in [2.45, 2.75) is 81.6 Å². The van der Waals surface area contributed by atoms with Gasteiger partial charge in [-0.15, -0.1) is 11.3 Å². The Labute approximate surface area is 637 Å². The number of furan rings is 1. The Morgan fingerprint density at radius 3 is 1.40 bits per heavy atom. The van der Waals surface area contributed by atoms with E-state index in [1.165, 1.54) is 163 Å². The number of hydrogen-bond donors (Lipinski definition) is 0. The maximum atomic E-state index is 5.71. The molecule has 6 aromatic heterocycles. The van der Waals surface area contributed by atoms with E-state index >= 15 is 0 Å². The molecule has 530 valence electrons. The first-order chi connectivity index (χ1) is 52.5. The zero-order valence-electron chi connectivity index (χ0n) is 63.7. The Kier molecular flexibility index (Phi) is 20.2. The highest BCUT2D eigenvalue weighted by atomic mass is 32.1. The fourth-order valence-electron chi connectivity index (χ4n) is 15.8. The van der Waals surface area contributed by atoms with Gasteiger partial charge in [-0.25, -0.2) is 9.97 Å². The molecule has 0 unspecified atom stereocenters. The Morgan fingerprint density at radius 1 is 0.296 bits per heavy atom. The predicted octanol–water partition coefficient (Wildman–Crippen LogP) is 27.8. The monoisotopic (exact) mass is 1420 g/mol. The second-order valence-electron chi connectivity index (χ2n) is 29.0. The number of nitrogens with zero attached hydrogens (tertiary/aromatic N) is 5. The van der Waals surface area contributed by atoms with Gasteiger partial charge in [0.15, 0.2) is 0 Å². The normalized spacial score (nSPS) is 11.8. The molecule has 6 heterocycles. The Balaban J connectivity index is 0.000000102. The van der Waals surface area contributed by atoms with E-state index in [0.717, 1.165) is 28.4 Å². The van der Waals surface area contributed by atoms with Crippen LogP contribution < -0.4 is 0 Å². The number of benzene rings is 14. The highest BCUT2D eigenvalue weighted by Crippen LogP contribution is 2.49. The number of hydrogen-bond acceptors (Lipinski definition) is 4. The Hall–Kier alpha value is -12.4. The van der Waals surface area contributed by atoms with Crippen LogP contribution in [0.15, 0.2) is 326 Å². The zero-order chi connectivity index (χ0) is 74.7. The zero-order valence-corrected chi connectivity index (χ0v) is 64.5. The van der Waals surface area contributed by atoms with Crippen molar-refractivity contribution in [3.05, 3.63) is 383 Å². The van der Waals surface area contributed by atoms with Crippen molar-refractivity contribution >= 4 is 119 Å². The van der Waals surface area contributed by atoms with Crippen LogP contribution in [0.4, 0.5) is 0 Å². The maximum Gasteiger partial charge on any atom is 0.135 e. The summed E-state index contributed by atoms with van der Waals surface area (Å²) in [6.07, 6.45) is 0. The van der Waals surface area contributed by atoms with Crippen LogP contribution in [-0.2, 0) is 12.5 Å². The summed E-state index contributed by atoms with van der Waals surface area (Å²) in [5.74, 6) is 0.854. The highest BCUT2D eigenvalue weighted by Gasteiger charge is 2.35. The van der Waals surface area contributed by atoms with Crippen molar-refractivity contribution in [2.75, 3.05) is 0 Å². The van der Waals surface area contributed by atoms with E-state index in [4.69, 9.17) is 4.42 Å². The summed E-state index contributed by atoms with van der Waals surface area (Å²) in [5.41, 5.74) is 28.0. The molecule has 21 rings (SSSR count). The molecular formula is C101H89N5OS. The van der Waals surface area contributed by atoms with Crippen LogP contribution in [0.3, 0.4) is 0 Å². The molecule has 14 aromatic carbocycles. The van der Waals surface area contributed by atoms with Gasteiger partial charge in [0.2, 0.25) is 0 Å². The lowest BCUT2D eigenvalue weighted by atomic mass is 9.82. The number of rotatable bonds is 2. The van der Waals surface area contributed by atoms with Gasteiger partial charge in [0.25, 0.3) is 0 Å². The molecular weight excluding hydrogens is 1330 g/mol. The minimum atomic E-state index is 0.152. The molecule has 6 nitrogen and oxygen atoms in total. The maximum absolute atomic E-state index is 5.71. The molecule has 20 aromatic rings. The van der Waals surface area contributed by atoms with Crippen molar-refractivity contribution in [3.8, 4) is 22.5 Å². The van der Waals surface area contributed by atoms with Crippen molar-refractivity contribution in [1.29, 1.82) is 0 Å². The van der Waals surface area contributed by atoms with Crippen molar-refractivity contribution in [1.82, 2.24) is 23.7 Å². The number of para-hydroxylation sites is 8. The summed E-state index contributed by atoms with van der Waals surface area (Å²) in [4.78, 5) is 8.25. The average molecular weight is 1420 g/mol. The molecule has 0 N–H and O–H groups in total. The third-order valence-corrected chi connectivity index (χ3v) is 21.9. The molecule has 0 bridgehead atoms. The number of thiophene rings is 1. The molecule has 0 atom stereocenters. The van der Waals surface area contributed by atoms with Gasteiger partial charge >= 0.3 is 0 Å². The number of fused-ring (bicyclic) bond motifs is 18. The molecule has 108 heavy (non-hydrogen) atoms. The predicted molar refractivity (Wildman–Crippen MR) is 464 cm³/mol. The average Bonchev–Trinajstić information content (AvgIpc) is 1.61. The molecule has 0 spiro atoms. The van der Waals surface area contributed by atoms with E-state index in [2.05, 4.69) is 377 Å². The molecule has 0 fully saturated rings. The van der Waals surface area contributed by atoms with Crippen molar-refractivity contribution in [2.24, 2.45) is 7.05 Å². The van der Waals surface area contributed by atoms with Gasteiger partial charge in [0.1, 0.15) is 17.0 Å². The minimum absolute atomic E-state index is 0.152. The summed E-state index contributed by atoms with van der Waals surface area (Å²) in [7, 11) is 2.14. The molecule has 7 heteroatoms. The van der Waals surface area contributed by atoms with E-state index in [9.17, 15) is 0 Å². The van der Waals surface area contributed by atoms with Gasteiger partial charge in [-0.1, -0.05) is 261 Å². The first kappa shape index (κ1) is 71.2. The Morgan fingerprint density at radius 2 is 0.731 bits per heavy atom. The second-order valence-corrected chi connectivity index (χ2v) is 30.1. The van der Waals surface area contributed by atoms with Crippen LogP contribution in [0.5, 0.6) is 0 Å². The summed E-state index contributed by atoms with van der Waals surface area (Å²) in [6, 6.07) is 114. The number of aromatic nitrogens is 5. The van der Waals surface area contributed by atoms with Crippen LogP contribution in [0, 0.1) is 62.3 Å². The van der Waals surface area contributed by atoms with Gasteiger partial charge in [-0.2, -0.15) is 0 Å². The second kappa shape index (κ2) is 30.6. The van der Waals surface area contributed by atoms with Crippen molar-refractivity contribution in [3.63, 3.8) is 0 Å². The van der Waals surface area contributed by atoms with E-state index < -0.39 is 0 Å². The van der Waals surface area contributed by atoms with Gasteiger partial charge in [0, 0.05) is 104 Å². The molecule has 0 saturated heterocycles. The highest BCUT2D eigenvalue weighted by molar-refractivity contribution is 7.25. The van der Waals surface area contributed by atoms with Crippen molar-refractivity contribution < 1.29 is 4.42 Å². The van der Waals surface area contributed by atoms with E-state index in [1.54, 1.807) is 0 Å². The van der Waals surface area contributed by atoms with E-state index in [0.29, 0.717) is 0 Å². The van der Waals surface area contributed by atoms with Gasteiger partial charge < -0.3 is 18.1 Å². The molecule has 1 aliphatic carbocycles. The largest absolute Gasteiger partial charge is 0.456 e. The first-order valence-electron chi connectivity index (χ1n) is 37.2. The quantitative estimate of drug-likeness (QED) is 0.173. The fraction of sp³-hybridized carbons (Fsp3) is 0.129. The standard InChI is InChI=1S/2C19H15N.C16H16.C14H13N.C13H10O.C13H10S.C7H10N2/c1-14-8-7-12-17-16-11-5-6-13-18(16)20(19(14)17)15-9-3-2-4-10-15;1-14-11-12-19-17(13-14)16-9-5-6-10-18(16)20(19)15-7-3-2-4-8-15;1-11-8-9-15-13(10-11)12-6-4-5-7-14(12)16(15,2)3;1-10-6-5-8-12-11-7-3-4-9-13(11)15(2)14(10)12;2*1-9-6-7-13-11(8-9)10-4-2-3-5-12(10)14-13;1-5-4-6(2)9-7(3)8-5/h2*2-13H,1H3;4-10H,1-3H3;3-9H,1-2H3;2*2-8H,1H3;4H,1-3H3. The van der Waals surface area contributed by atoms with Crippen LogP contribution in [0.25, 0.3) is 130 Å². The van der Waals surface area contributed by atoms with E-state index in [-0.39, 0.29) is 5.41 Å². The lowest BCUT2D eigenvalue weighted by Crippen LogP contribution is -2.14. The third-order valence-electron chi connectivity index (χ3n) is 20.8. The van der Waals surface area contributed by atoms with Gasteiger partial charge in [-0.05, 0) is 193 Å². The summed E-state index contributed by atoms with van der Waals surface area (Å²) in [6.45, 7) is 23.4. The summed E-state index contributed by atoms with van der Waals surface area (Å²) in [5, 5.41) is 13.2. The first-order valence-corrected chi connectivity index (χ1v) is 38.1. The van der Waals surface area contributed by atoms with Crippen LogP contribution >= 0.6 is 11.3 Å². The topological polar surface area (TPSA) is 53.7 Å². The van der Waals surface area contributed by atoms with Crippen LogP contribution in [-0.4, -0.2) is 23.7 Å². The Bertz CT molecular complexity index is 6490. The molecule has 0 amide bonds. The third kappa shape index (κ3) is 14.2. The molecule has 0 radical (unpaired) electrons. The molecule has 0 aliphatic heterocycles. The minimum Gasteiger partial charge on any atom is -0.456 e. The summed E-state index contributed by atoms with van der Waals surface area (Å²) < 4.78 is 15.5. The molecule has 1 aliphatic rings. The van der Waals surface area contributed by atoms with E-state index in [1.807, 2.05) is 62.4 Å².